The molecule has 0 radical (unpaired) electrons. The normalized spacial score (nSPS) is 26.9. The number of hydrogen-bond donors (Lipinski definition) is 1. The molecule has 0 aromatic heterocycles. The Labute approximate surface area is 99.6 Å². The molecule has 0 bridgehead atoms. The van der Waals surface area contributed by atoms with Gasteiger partial charge in [-0.15, -0.1) is 0 Å². The Balaban J connectivity index is 1.78. The van der Waals surface area contributed by atoms with Gasteiger partial charge in [0.15, 0.2) is 9.84 Å². The number of carbonyl (C=O) groups is 1. The minimum Gasteiger partial charge on any atom is -0.312 e. The Bertz CT molecular complexity index is 477. The molecule has 1 heterocycles. The Morgan fingerprint density at radius 3 is 2.71 bits per heavy atom. The van der Waals surface area contributed by atoms with E-state index in [1.165, 1.54) is 6.08 Å². The van der Waals surface area contributed by atoms with E-state index in [1.807, 2.05) is 6.92 Å². The van der Waals surface area contributed by atoms with E-state index in [-0.39, 0.29) is 5.75 Å². The van der Waals surface area contributed by atoms with Crippen molar-refractivity contribution in [2.24, 2.45) is 11.1 Å². The summed E-state index contributed by atoms with van der Waals surface area (Å²) in [6, 6.07) is -0.524. The molecule has 0 aromatic rings. The van der Waals surface area contributed by atoms with E-state index in [4.69, 9.17) is 0 Å². The summed E-state index contributed by atoms with van der Waals surface area (Å²) in [5, 5.41) is 7.20. The highest BCUT2D eigenvalue weighted by molar-refractivity contribution is 7.94. The van der Waals surface area contributed by atoms with Crippen molar-refractivity contribution in [1.82, 2.24) is 5.32 Å². The van der Waals surface area contributed by atoms with Crippen LogP contribution in [0.25, 0.3) is 0 Å². The predicted molar refractivity (Wildman–Crippen MR) is 62.2 cm³/mol. The van der Waals surface area contributed by atoms with Gasteiger partial charge in [0.2, 0.25) is 0 Å². The van der Waals surface area contributed by atoms with Gasteiger partial charge in [0.05, 0.1) is 17.5 Å². The van der Waals surface area contributed by atoms with Gasteiger partial charge in [-0.1, -0.05) is 5.16 Å². The topological polar surface area (TPSA) is 84.8 Å². The number of rotatable bonds is 3. The van der Waals surface area contributed by atoms with Crippen LogP contribution in [0.5, 0.6) is 0 Å². The molecule has 0 aromatic carbocycles. The second kappa shape index (κ2) is 4.48. The molecule has 1 aliphatic heterocycles. The number of carbonyl (C=O) groups excluding carboxylic acids is 1. The number of nitrogens with one attached hydrogen (secondary N) is 1. The first-order chi connectivity index (χ1) is 7.96. The van der Waals surface area contributed by atoms with Crippen LogP contribution >= 0.6 is 0 Å². The van der Waals surface area contributed by atoms with Crippen LogP contribution in [0.4, 0.5) is 4.79 Å². The summed E-state index contributed by atoms with van der Waals surface area (Å²) in [6.07, 6.45) is 2.87. The smallest absolute Gasteiger partial charge is 0.312 e. The van der Waals surface area contributed by atoms with Crippen molar-refractivity contribution in [2.45, 2.75) is 25.8 Å². The summed E-state index contributed by atoms with van der Waals surface area (Å²) in [5.74, 6) is 0.322. The molecule has 17 heavy (non-hydrogen) atoms. The molecule has 2 aliphatic rings. The third-order valence-corrected chi connectivity index (χ3v) is 4.07. The maximum absolute atomic E-state index is 11.3. The first kappa shape index (κ1) is 12.1. The van der Waals surface area contributed by atoms with Crippen molar-refractivity contribution in [3.63, 3.8) is 0 Å². The lowest BCUT2D eigenvalue weighted by Gasteiger charge is -2.07. The van der Waals surface area contributed by atoms with Gasteiger partial charge >= 0.3 is 6.09 Å². The van der Waals surface area contributed by atoms with Crippen molar-refractivity contribution < 1.29 is 18.0 Å². The summed E-state index contributed by atoms with van der Waals surface area (Å²) in [5.41, 5.74) is 0.801. The van der Waals surface area contributed by atoms with E-state index in [0.717, 1.165) is 24.0 Å². The van der Waals surface area contributed by atoms with E-state index in [9.17, 15) is 13.2 Å². The average molecular weight is 258 g/mol. The molecule has 1 atom stereocenters. The lowest BCUT2D eigenvalue weighted by Crippen LogP contribution is -2.35. The second-order valence-corrected chi connectivity index (χ2v) is 6.23. The maximum atomic E-state index is 11.3. The maximum Gasteiger partial charge on any atom is 0.433 e. The van der Waals surface area contributed by atoms with Gasteiger partial charge in [0, 0.05) is 11.3 Å². The molecule has 1 N–H and O–H groups in total. The molecular formula is C10H14N2O4S. The number of nitrogens with zero attached hydrogens (tertiary/aromatic N) is 1. The van der Waals surface area contributed by atoms with Crippen molar-refractivity contribution in [1.29, 1.82) is 0 Å². The lowest BCUT2D eigenvalue weighted by molar-refractivity contribution is 0.149. The molecule has 7 heteroatoms. The third-order valence-electron chi connectivity index (χ3n) is 2.67. The molecule has 1 aliphatic carbocycles. The molecule has 0 saturated heterocycles. The monoisotopic (exact) mass is 258 g/mol. The van der Waals surface area contributed by atoms with Gasteiger partial charge in [0.1, 0.15) is 0 Å². The van der Waals surface area contributed by atoms with Crippen molar-refractivity contribution >= 4 is 21.6 Å². The molecule has 2 rings (SSSR count). The van der Waals surface area contributed by atoms with E-state index in [2.05, 4.69) is 15.3 Å². The highest BCUT2D eigenvalue weighted by Gasteiger charge is 2.26. The van der Waals surface area contributed by atoms with E-state index in [1.54, 1.807) is 0 Å². The number of amides is 1. The van der Waals surface area contributed by atoms with Crippen LogP contribution in [0.1, 0.15) is 19.8 Å². The zero-order valence-corrected chi connectivity index (χ0v) is 10.2. The summed E-state index contributed by atoms with van der Waals surface area (Å²) in [4.78, 5) is 15.9. The van der Waals surface area contributed by atoms with Crippen LogP contribution in [0.15, 0.2) is 16.6 Å². The Morgan fingerprint density at radius 1 is 1.47 bits per heavy atom. The van der Waals surface area contributed by atoms with Gasteiger partial charge in [-0.25, -0.2) is 13.2 Å². The highest BCUT2D eigenvalue weighted by Crippen LogP contribution is 2.30. The first-order valence-corrected chi connectivity index (χ1v) is 7.11. The Hall–Kier alpha value is -1.37. The van der Waals surface area contributed by atoms with Crippen LogP contribution in [-0.4, -0.2) is 32.0 Å². The largest absolute Gasteiger partial charge is 0.433 e. The van der Waals surface area contributed by atoms with Crippen molar-refractivity contribution in [3.8, 4) is 0 Å². The minimum atomic E-state index is -3.16. The van der Waals surface area contributed by atoms with Crippen molar-refractivity contribution in [2.75, 3.05) is 5.75 Å². The minimum absolute atomic E-state index is 0.118. The summed E-state index contributed by atoms with van der Waals surface area (Å²) in [6.45, 7) is 1.81. The molecule has 1 fully saturated rings. The van der Waals surface area contributed by atoms with Crippen molar-refractivity contribution in [3.05, 3.63) is 11.5 Å². The van der Waals surface area contributed by atoms with Gasteiger partial charge in [-0.3, -0.25) is 4.84 Å². The third kappa shape index (κ3) is 3.55. The fraction of sp³-hybridized carbons (Fsp3) is 0.600. The van der Waals surface area contributed by atoms with Crippen LogP contribution < -0.4 is 5.32 Å². The van der Waals surface area contributed by atoms with Crippen LogP contribution in [-0.2, 0) is 14.7 Å². The fourth-order valence-electron chi connectivity index (χ4n) is 1.53. The summed E-state index contributed by atoms with van der Waals surface area (Å²) >= 11 is 0. The Morgan fingerprint density at radius 2 is 2.18 bits per heavy atom. The molecule has 0 spiro atoms. The fourth-order valence-corrected chi connectivity index (χ4v) is 2.77. The predicted octanol–water partition coefficient (Wildman–Crippen LogP) is 0.809. The Kier molecular flexibility index (Phi) is 3.19. The summed E-state index contributed by atoms with van der Waals surface area (Å²) in [7, 11) is -3.16. The molecule has 94 valence electrons. The van der Waals surface area contributed by atoms with Crippen LogP contribution in [0.2, 0.25) is 0 Å². The standard InChI is InChI=1S/C10H14N2O4S/c1-7(8-2-3-8)12-16-10(13)11-9-4-5-17(14,15)6-9/h4-5,8-9H,2-3,6H2,1H3,(H,11,13)/b12-7-. The highest BCUT2D eigenvalue weighted by atomic mass is 32.2. The van der Waals surface area contributed by atoms with Crippen LogP contribution in [0.3, 0.4) is 0 Å². The second-order valence-electron chi connectivity index (χ2n) is 4.29. The van der Waals surface area contributed by atoms with Gasteiger partial charge in [-0.2, -0.15) is 0 Å². The molecule has 6 nitrogen and oxygen atoms in total. The zero-order valence-electron chi connectivity index (χ0n) is 9.42. The molecule has 1 unspecified atom stereocenters. The quantitative estimate of drug-likeness (QED) is 0.461. The van der Waals surface area contributed by atoms with Gasteiger partial charge < -0.3 is 5.32 Å². The van der Waals surface area contributed by atoms with E-state index in [0.29, 0.717) is 5.92 Å². The van der Waals surface area contributed by atoms with Crippen LogP contribution in [0, 0.1) is 5.92 Å². The lowest BCUT2D eigenvalue weighted by atomic mass is 10.3. The molecule has 1 saturated carbocycles. The molecule has 1 amide bonds. The number of hydrogen-bond acceptors (Lipinski definition) is 5. The summed E-state index contributed by atoms with van der Waals surface area (Å²) < 4.78 is 22.2. The number of oxime groups is 1. The molecular weight excluding hydrogens is 244 g/mol. The SMILES string of the molecule is C/C(=N/OC(=O)NC1C=CS(=O)(=O)C1)C1CC1. The zero-order chi connectivity index (χ0) is 12.5. The van der Waals surface area contributed by atoms with E-state index < -0.39 is 22.0 Å². The average Bonchev–Trinajstić information content (AvgIpc) is 3.02. The first-order valence-electron chi connectivity index (χ1n) is 5.39. The van der Waals surface area contributed by atoms with E-state index >= 15 is 0 Å². The van der Waals surface area contributed by atoms with Gasteiger partial charge in [-0.05, 0) is 25.8 Å². The van der Waals surface area contributed by atoms with Gasteiger partial charge in [0.25, 0.3) is 0 Å². The number of sulfone groups is 1.